The van der Waals surface area contributed by atoms with Crippen LogP contribution in [0, 0.1) is 0 Å². The third-order valence-electron chi connectivity index (χ3n) is 1.66. The van der Waals surface area contributed by atoms with Crippen LogP contribution in [0.1, 0.15) is 35.8 Å². The van der Waals surface area contributed by atoms with Crippen LogP contribution in [-0.4, -0.2) is 16.1 Å². The van der Waals surface area contributed by atoms with Gasteiger partial charge in [-0.1, -0.05) is 13.8 Å². The number of nitrogens with zero attached hydrogens (tertiary/aromatic N) is 1. The number of hydrogen-bond acceptors (Lipinski definition) is 2. The number of halogens is 1. The van der Waals surface area contributed by atoms with Crippen LogP contribution in [0.15, 0.2) is 16.7 Å². The second-order valence-corrected chi connectivity index (χ2v) is 3.96. The molecule has 1 aromatic heterocycles. The van der Waals surface area contributed by atoms with Crippen LogP contribution < -0.4 is 0 Å². The summed E-state index contributed by atoms with van der Waals surface area (Å²) in [7, 11) is 0. The normalized spacial score (nSPS) is 10.5. The smallest absolute Gasteiger partial charge is 0.337 e. The molecule has 1 rings (SSSR count). The van der Waals surface area contributed by atoms with Crippen LogP contribution in [0.2, 0.25) is 0 Å². The van der Waals surface area contributed by atoms with E-state index in [1.807, 2.05) is 13.8 Å². The Balaban J connectivity index is 3.27. The van der Waals surface area contributed by atoms with Gasteiger partial charge in [-0.2, -0.15) is 0 Å². The summed E-state index contributed by atoms with van der Waals surface area (Å²) in [6, 6.07) is 1.57. The average molecular weight is 244 g/mol. The van der Waals surface area contributed by atoms with E-state index in [2.05, 4.69) is 20.9 Å². The lowest BCUT2D eigenvalue weighted by Gasteiger charge is -2.07. The minimum absolute atomic E-state index is 0.124. The van der Waals surface area contributed by atoms with Crippen molar-refractivity contribution >= 4 is 21.9 Å². The first-order chi connectivity index (χ1) is 6.02. The molecule has 0 aliphatic carbocycles. The monoisotopic (exact) mass is 243 g/mol. The Morgan fingerprint density at radius 1 is 1.62 bits per heavy atom. The first-order valence-corrected chi connectivity index (χ1v) is 4.70. The largest absolute Gasteiger partial charge is 0.478 e. The summed E-state index contributed by atoms with van der Waals surface area (Å²) in [5.74, 6) is -0.809. The molecule has 0 aromatic carbocycles. The van der Waals surface area contributed by atoms with E-state index < -0.39 is 5.97 Å². The minimum atomic E-state index is -0.933. The molecule has 1 heterocycles. The van der Waals surface area contributed by atoms with Gasteiger partial charge in [0.1, 0.15) is 0 Å². The number of aromatic nitrogens is 1. The van der Waals surface area contributed by atoms with Crippen LogP contribution in [0.25, 0.3) is 0 Å². The number of aromatic carboxylic acids is 1. The van der Waals surface area contributed by atoms with Gasteiger partial charge in [0, 0.05) is 10.7 Å². The molecule has 0 aliphatic rings. The third-order valence-corrected chi connectivity index (χ3v) is 2.10. The molecule has 0 atom stereocenters. The lowest BCUT2D eigenvalue weighted by Crippen LogP contribution is -2.06. The van der Waals surface area contributed by atoms with Gasteiger partial charge in [-0.15, -0.1) is 0 Å². The maximum Gasteiger partial charge on any atom is 0.337 e. The first-order valence-electron chi connectivity index (χ1n) is 3.91. The van der Waals surface area contributed by atoms with Gasteiger partial charge in [-0.25, -0.2) is 4.79 Å². The van der Waals surface area contributed by atoms with Gasteiger partial charge >= 0.3 is 5.97 Å². The van der Waals surface area contributed by atoms with Crippen molar-refractivity contribution in [2.24, 2.45) is 0 Å². The molecule has 0 bridgehead atoms. The van der Waals surface area contributed by atoms with Gasteiger partial charge in [0.05, 0.1) is 11.3 Å². The molecule has 1 aromatic rings. The van der Waals surface area contributed by atoms with E-state index in [0.29, 0.717) is 10.2 Å². The van der Waals surface area contributed by atoms with Gasteiger partial charge < -0.3 is 5.11 Å². The van der Waals surface area contributed by atoms with Crippen molar-refractivity contribution in [2.75, 3.05) is 0 Å². The van der Waals surface area contributed by atoms with E-state index in [1.54, 1.807) is 12.3 Å². The van der Waals surface area contributed by atoms with E-state index in [1.165, 1.54) is 0 Å². The number of pyridine rings is 1. The highest BCUT2D eigenvalue weighted by molar-refractivity contribution is 9.10. The molecule has 13 heavy (non-hydrogen) atoms. The lowest BCUT2D eigenvalue weighted by molar-refractivity contribution is 0.0694. The molecule has 0 aliphatic heterocycles. The number of hydrogen-bond donors (Lipinski definition) is 1. The number of rotatable bonds is 2. The van der Waals surface area contributed by atoms with Crippen molar-refractivity contribution in [3.05, 3.63) is 28.0 Å². The van der Waals surface area contributed by atoms with Crippen molar-refractivity contribution < 1.29 is 9.90 Å². The predicted molar refractivity (Wildman–Crippen MR) is 53.0 cm³/mol. The maximum atomic E-state index is 10.8. The molecule has 3 nitrogen and oxygen atoms in total. The standard InChI is InChI=1S/C9H10BrNO2/c1-5(2)8-7(9(12)13)3-6(10)4-11-8/h3-5H,1-2H3,(H,12,13). The molecule has 0 amide bonds. The van der Waals surface area contributed by atoms with Gasteiger partial charge in [0.2, 0.25) is 0 Å². The molecule has 4 heteroatoms. The predicted octanol–water partition coefficient (Wildman–Crippen LogP) is 2.67. The fourth-order valence-corrected chi connectivity index (χ4v) is 1.41. The average Bonchev–Trinajstić information content (AvgIpc) is 2.03. The van der Waals surface area contributed by atoms with E-state index in [4.69, 9.17) is 5.11 Å². The van der Waals surface area contributed by atoms with Crippen LogP contribution >= 0.6 is 15.9 Å². The fraction of sp³-hybridized carbons (Fsp3) is 0.333. The number of carbonyl (C=O) groups is 1. The lowest BCUT2D eigenvalue weighted by atomic mass is 10.0. The highest BCUT2D eigenvalue weighted by Gasteiger charge is 2.14. The SMILES string of the molecule is CC(C)c1ncc(Br)cc1C(=O)O. The summed E-state index contributed by atoms with van der Waals surface area (Å²) in [6.07, 6.45) is 1.61. The Morgan fingerprint density at radius 2 is 2.23 bits per heavy atom. The zero-order valence-corrected chi connectivity index (χ0v) is 9.00. The zero-order valence-electron chi connectivity index (χ0n) is 7.41. The molecule has 0 saturated heterocycles. The fourth-order valence-electron chi connectivity index (χ4n) is 1.08. The summed E-state index contributed by atoms with van der Waals surface area (Å²) < 4.78 is 0.689. The summed E-state index contributed by atoms with van der Waals surface area (Å²) in [5, 5.41) is 8.88. The number of carboxylic acids is 1. The molecule has 0 spiro atoms. The van der Waals surface area contributed by atoms with Gasteiger partial charge in [-0.3, -0.25) is 4.98 Å². The Hall–Kier alpha value is -0.900. The zero-order chi connectivity index (χ0) is 10.0. The molecule has 1 N–H and O–H groups in total. The Labute approximate surface area is 84.9 Å². The molecule has 0 fully saturated rings. The van der Waals surface area contributed by atoms with Crippen molar-refractivity contribution in [3.8, 4) is 0 Å². The highest BCUT2D eigenvalue weighted by atomic mass is 79.9. The quantitative estimate of drug-likeness (QED) is 0.869. The van der Waals surface area contributed by atoms with E-state index in [9.17, 15) is 4.79 Å². The molecular formula is C9H10BrNO2. The van der Waals surface area contributed by atoms with E-state index >= 15 is 0 Å². The maximum absolute atomic E-state index is 10.8. The van der Waals surface area contributed by atoms with E-state index in [0.717, 1.165) is 0 Å². The third kappa shape index (κ3) is 2.28. The van der Waals surface area contributed by atoms with Crippen molar-refractivity contribution in [1.29, 1.82) is 0 Å². The van der Waals surface area contributed by atoms with Crippen molar-refractivity contribution in [3.63, 3.8) is 0 Å². The van der Waals surface area contributed by atoms with Crippen LogP contribution in [0.3, 0.4) is 0 Å². The van der Waals surface area contributed by atoms with Crippen molar-refractivity contribution in [1.82, 2.24) is 4.98 Å². The second-order valence-electron chi connectivity index (χ2n) is 3.05. The highest BCUT2D eigenvalue weighted by Crippen LogP contribution is 2.20. The minimum Gasteiger partial charge on any atom is -0.478 e. The van der Waals surface area contributed by atoms with Crippen molar-refractivity contribution in [2.45, 2.75) is 19.8 Å². The molecule has 0 unspecified atom stereocenters. The topological polar surface area (TPSA) is 50.2 Å². The summed E-state index contributed by atoms with van der Waals surface area (Å²) in [5.41, 5.74) is 0.889. The summed E-state index contributed by atoms with van der Waals surface area (Å²) >= 11 is 3.19. The molecule has 0 radical (unpaired) electrons. The summed E-state index contributed by atoms with van der Waals surface area (Å²) in [6.45, 7) is 3.84. The van der Waals surface area contributed by atoms with Gasteiger partial charge in [-0.05, 0) is 27.9 Å². The van der Waals surface area contributed by atoms with Gasteiger partial charge in [0.25, 0.3) is 0 Å². The Bertz CT molecular complexity index is 336. The summed E-state index contributed by atoms with van der Waals surface area (Å²) in [4.78, 5) is 14.9. The first kappa shape index (κ1) is 10.2. The Kier molecular flexibility index (Phi) is 3.03. The molecule has 0 saturated carbocycles. The van der Waals surface area contributed by atoms with Crippen LogP contribution in [0.5, 0.6) is 0 Å². The van der Waals surface area contributed by atoms with Crippen LogP contribution in [-0.2, 0) is 0 Å². The second kappa shape index (κ2) is 3.87. The van der Waals surface area contributed by atoms with Crippen LogP contribution in [0.4, 0.5) is 0 Å². The molecular weight excluding hydrogens is 234 g/mol. The number of carboxylic acid groups (broad SMARTS) is 1. The van der Waals surface area contributed by atoms with Gasteiger partial charge in [0.15, 0.2) is 0 Å². The van der Waals surface area contributed by atoms with E-state index in [-0.39, 0.29) is 11.5 Å². The molecule has 70 valence electrons. The Morgan fingerprint density at radius 3 is 2.69 bits per heavy atom.